The summed E-state index contributed by atoms with van der Waals surface area (Å²) in [4.78, 5) is 0. The van der Waals surface area contributed by atoms with Gasteiger partial charge in [0.15, 0.2) is 0 Å². The van der Waals surface area contributed by atoms with Gasteiger partial charge < -0.3 is 0 Å². The molecule has 0 atom stereocenters. The van der Waals surface area contributed by atoms with Crippen LogP contribution in [0.15, 0.2) is 49.6 Å². The Kier molecular flexibility index (Phi) is 6.16. The Balaban J connectivity index is 3.33. The summed E-state index contributed by atoms with van der Waals surface area (Å²) in [6.45, 7) is 7.12. The highest BCUT2D eigenvalue weighted by molar-refractivity contribution is 5.09. The fourth-order valence-electron chi connectivity index (χ4n) is 0.396. The quantitative estimate of drug-likeness (QED) is 0.395. The molecule has 0 heterocycles. The Morgan fingerprint density at radius 1 is 1.00 bits per heavy atom. The van der Waals surface area contributed by atoms with E-state index in [1.54, 1.807) is 6.08 Å². The van der Waals surface area contributed by atoms with Crippen LogP contribution in [0.5, 0.6) is 0 Å². The molecule has 0 aliphatic carbocycles. The normalized spacial score (nSPS) is 10.7. The van der Waals surface area contributed by atoms with E-state index in [0.717, 1.165) is 6.42 Å². The maximum atomic E-state index is 3.58. The number of hydrogen-bond donors (Lipinski definition) is 0. The van der Waals surface area contributed by atoms with Crippen molar-refractivity contribution in [1.29, 1.82) is 0 Å². The van der Waals surface area contributed by atoms with Crippen molar-refractivity contribution >= 4 is 0 Å². The second-order valence-corrected chi connectivity index (χ2v) is 1.57. The van der Waals surface area contributed by atoms with E-state index in [1.807, 2.05) is 30.4 Å². The minimum Gasteiger partial charge on any atom is -0.103 e. The van der Waals surface area contributed by atoms with Crippen molar-refractivity contribution in [3.63, 3.8) is 0 Å². The Morgan fingerprint density at radius 2 is 1.78 bits per heavy atom. The molecule has 0 saturated heterocycles. The standard InChI is InChI=1S/C9H12/c1-3-5-7-9-8-6-4-2/h3-5,7-9H,1-2,6H2/b7-5-,9-8-. The van der Waals surface area contributed by atoms with E-state index < -0.39 is 0 Å². The van der Waals surface area contributed by atoms with Gasteiger partial charge in [-0.3, -0.25) is 0 Å². The molecule has 0 aromatic carbocycles. The summed E-state index contributed by atoms with van der Waals surface area (Å²) in [5.74, 6) is 0. The van der Waals surface area contributed by atoms with Crippen LogP contribution in [0, 0.1) is 0 Å². The first-order valence-electron chi connectivity index (χ1n) is 2.97. The Labute approximate surface area is 56.9 Å². The van der Waals surface area contributed by atoms with E-state index in [1.165, 1.54) is 0 Å². The van der Waals surface area contributed by atoms with Crippen LogP contribution in [0.25, 0.3) is 0 Å². The van der Waals surface area contributed by atoms with Crippen LogP contribution >= 0.6 is 0 Å². The predicted molar refractivity (Wildman–Crippen MR) is 43.3 cm³/mol. The molecule has 48 valence electrons. The SMILES string of the molecule is C=C/C=C\C=C/CC=C. The van der Waals surface area contributed by atoms with Crippen LogP contribution in [0.3, 0.4) is 0 Å². The van der Waals surface area contributed by atoms with E-state index in [9.17, 15) is 0 Å². The molecule has 0 fully saturated rings. The summed E-state index contributed by atoms with van der Waals surface area (Å²) >= 11 is 0. The maximum Gasteiger partial charge on any atom is -0.0169 e. The highest BCUT2D eigenvalue weighted by Crippen LogP contribution is 1.83. The fraction of sp³-hybridized carbons (Fsp3) is 0.111. The van der Waals surface area contributed by atoms with Gasteiger partial charge >= 0.3 is 0 Å². The van der Waals surface area contributed by atoms with Crippen molar-refractivity contribution in [2.24, 2.45) is 0 Å². The molecule has 0 aromatic rings. The molecule has 0 amide bonds. The maximum absolute atomic E-state index is 3.58. The van der Waals surface area contributed by atoms with Crippen molar-refractivity contribution in [2.75, 3.05) is 0 Å². The minimum absolute atomic E-state index is 0.932. The van der Waals surface area contributed by atoms with Gasteiger partial charge in [0.05, 0.1) is 0 Å². The van der Waals surface area contributed by atoms with Crippen LogP contribution in [0.1, 0.15) is 6.42 Å². The molecule has 0 aromatic heterocycles. The summed E-state index contributed by atoms with van der Waals surface area (Å²) in [5.41, 5.74) is 0. The van der Waals surface area contributed by atoms with Crippen LogP contribution in [0.4, 0.5) is 0 Å². The topological polar surface area (TPSA) is 0 Å². The van der Waals surface area contributed by atoms with E-state index in [4.69, 9.17) is 0 Å². The van der Waals surface area contributed by atoms with Crippen molar-refractivity contribution in [1.82, 2.24) is 0 Å². The lowest BCUT2D eigenvalue weighted by Crippen LogP contribution is -1.52. The van der Waals surface area contributed by atoms with Crippen LogP contribution in [-0.2, 0) is 0 Å². The van der Waals surface area contributed by atoms with Crippen molar-refractivity contribution in [3.05, 3.63) is 49.6 Å². The second-order valence-electron chi connectivity index (χ2n) is 1.57. The molecule has 0 heteroatoms. The van der Waals surface area contributed by atoms with Gasteiger partial charge in [-0.15, -0.1) is 6.58 Å². The van der Waals surface area contributed by atoms with Gasteiger partial charge in [-0.1, -0.05) is 43.0 Å². The van der Waals surface area contributed by atoms with Gasteiger partial charge in [-0.05, 0) is 6.42 Å². The molecule has 9 heavy (non-hydrogen) atoms. The Bertz CT molecular complexity index is 127. The van der Waals surface area contributed by atoms with E-state index >= 15 is 0 Å². The zero-order chi connectivity index (χ0) is 6.95. The highest BCUT2D eigenvalue weighted by Gasteiger charge is 1.62. The van der Waals surface area contributed by atoms with Crippen LogP contribution in [0.2, 0.25) is 0 Å². The lowest BCUT2D eigenvalue weighted by Gasteiger charge is -1.74. The molecule has 0 rings (SSSR count). The number of allylic oxidation sites excluding steroid dienone is 6. The van der Waals surface area contributed by atoms with Gasteiger partial charge in [-0.2, -0.15) is 0 Å². The molecular formula is C9H12. The average Bonchev–Trinajstić information content (AvgIpc) is 1.89. The first kappa shape index (κ1) is 7.96. The summed E-state index contributed by atoms with van der Waals surface area (Å²) < 4.78 is 0. The molecular weight excluding hydrogens is 108 g/mol. The van der Waals surface area contributed by atoms with Crippen molar-refractivity contribution in [2.45, 2.75) is 6.42 Å². The third-order valence-electron chi connectivity index (χ3n) is 0.797. The summed E-state index contributed by atoms with van der Waals surface area (Å²) in [7, 11) is 0. The first-order chi connectivity index (χ1) is 4.41. The van der Waals surface area contributed by atoms with Crippen molar-refractivity contribution in [3.8, 4) is 0 Å². The van der Waals surface area contributed by atoms with E-state index in [2.05, 4.69) is 13.2 Å². The lowest BCUT2D eigenvalue weighted by atomic mass is 10.3. The third-order valence-corrected chi connectivity index (χ3v) is 0.797. The Morgan fingerprint density at radius 3 is 2.33 bits per heavy atom. The average molecular weight is 120 g/mol. The molecule has 0 radical (unpaired) electrons. The predicted octanol–water partition coefficient (Wildman–Crippen LogP) is 2.86. The first-order valence-corrected chi connectivity index (χ1v) is 2.97. The molecule has 0 bridgehead atoms. The van der Waals surface area contributed by atoms with E-state index in [-0.39, 0.29) is 0 Å². The highest BCUT2D eigenvalue weighted by atomic mass is 13.7. The third kappa shape index (κ3) is 6.96. The summed E-state index contributed by atoms with van der Waals surface area (Å²) in [5, 5.41) is 0. The zero-order valence-corrected chi connectivity index (χ0v) is 5.59. The fourth-order valence-corrected chi connectivity index (χ4v) is 0.396. The van der Waals surface area contributed by atoms with E-state index in [0.29, 0.717) is 0 Å². The van der Waals surface area contributed by atoms with Gasteiger partial charge in [0.25, 0.3) is 0 Å². The number of hydrogen-bond acceptors (Lipinski definition) is 0. The molecule has 0 unspecified atom stereocenters. The molecule has 0 aliphatic heterocycles. The molecule has 0 nitrogen and oxygen atoms in total. The van der Waals surface area contributed by atoms with Gasteiger partial charge in [0, 0.05) is 0 Å². The zero-order valence-electron chi connectivity index (χ0n) is 5.59. The lowest BCUT2D eigenvalue weighted by molar-refractivity contribution is 1.41. The number of rotatable bonds is 4. The van der Waals surface area contributed by atoms with Crippen molar-refractivity contribution < 1.29 is 0 Å². The van der Waals surface area contributed by atoms with Crippen LogP contribution < -0.4 is 0 Å². The largest absolute Gasteiger partial charge is 0.103 e. The Hall–Kier alpha value is -1.04. The molecule has 0 aliphatic rings. The molecule has 0 spiro atoms. The molecule has 0 N–H and O–H groups in total. The second kappa shape index (κ2) is 6.96. The summed E-state index contributed by atoms with van der Waals surface area (Å²) in [6, 6.07) is 0. The smallest absolute Gasteiger partial charge is 0.0169 e. The van der Waals surface area contributed by atoms with Gasteiger partial charge in [0.2, 0.25) is 0 Å². The summed E-state index contributed by atoms with van der Waals surface area (Å²) in [6.07, 6.45) is 12.4. The van der Waals surface area contributed by atoms with Gasteiger partial charge in [0.1, 0.15) is 0 Å². The minimum atomic E-state index is 0.932. The molecule has 0 saturated carbocycles. The monoisotopic (exact) mass is 120 g/mol. The van der Waals surface area contributed by atoms with Crippen LogP contribution in [-0.4, -0.2) is 0 Å². The van der Waals surface area contributed by atoms with Gasteiger partial charge in [-0.25, -0.2) is 0 Å².